The van der Waals surface area contributed by atoms with Gasteiger partial charge in [0.2, 0.25) is 0 Å². The second kappa shape index (κ2) is 5.00. The molecule has 2 heterocycles. The van der Waals surface area contributed by atoms with Crippen molar-refractivity contribution in [2.24, 2.45) is 7.05 Å². The van der Waals surface area contributed by atoms with Crippen LogP contribution in [0.1, 0.15) is 32.4 Å². The summed E-state index contributed by atoms with van der Waals surface area (Å²) >= 11 is 5.51. The highest BCUT2D eigenvalue weighted by Gasteiger charge is 2.29. The second-order valence-corrected chi connectivity index (χ2v) is 6.30. The fourth-order valence-corrected chi connectivity index (χ4v) is 3.19. The number of imidazole rings is 1. The van der Waals surface area contributed by atoms with E-state index in [-0.39, 0.29) is 0 Å². The van der Waals surface area contributed by atoms with Crippen LogP contribution in [0.15, 0.2) is 0 Å². The van der Waals surface area contributed by atoms with Gasteiger partial charge in [0.25, 0.3) is 0 Å². The summed E-state index contributed by atoms with van der Waals surface area (Å²) in [7, 11) is 4.21. The van der Waals surface area contributed by atoms with Gasteiger partial charge in [0.05, 0.1) is 5.69 Å². The molecule has 0 radical (unpaired) electrons. The number of hydrogen-bond acceptors (Lipinski definition) is 3. The summed E-state index contributed by atoms with van der Waals surface area (Å²) < 4.78 is 4.95. The molecule has 6 heteroatoms. The molecule has 0 spiro atoms. The standard InChI is InChI=1S/C14H23N5S/c1-5-11-12-13(18(4)16-11)19(14(20)15-12)8-9(2)17(3)10-6-7-10/h9-10H,5-8H2,1-4H3,(H,15,20). The van der Waals surface area contributed by atoms with Gasteiger partial charge in [-0.15, -0.1) is 0 Å². The minimum atomic E-state index is 0.480. The monoisotopic (exact) mass is 293 g/mol. The number of nitrogens with one attached hydrogen (secondary N) is 1. The van der Waals surface area contributed by atoms with Crippen LogP contribution in [0.4, 0.5) is 0 Å². The molecule has 0 aliphatic heterocycles. The minimum absolute atomic E-state index is 0.480. The van der Waals surface area contributed by atoms with Gasteiger partial charge < -0.3 is 9.55 Å². The number of rotatable bonds is 5. The van der Waals surface area contributed by atoms with Crippen molar-refractivity contribution in [2.75, 3.05) is 7.05 Å². The third-order valence-corrected chi connectivity index (χ3v) is 4.74. The van der Waals surface area contributed by atoms with Crippen molar-refractivity contribution in [2.45, 2.75) is 51.7 Å². The SMILES string of the molecule is CCc1nn(C)c2c1[nH]c(=S)n2CC(C)N(C)C1CC1. The molecule has 5 nitrogen and oxygen atoms in total. The normalized spacial score (nSPS) is 17.2. The molecule has 20 heavy (non-hydrogen) atoms. The van der Waals surface area contributed by atoms with E-state index in [0.29, 0.717) is 6.04 Å². The summed E-state index contributed by atoms with van der Waals surface area (Å²) in [5, 5.41) is 4.57. The van der Waals surface area contributed by atoms with Crippen molar-refractivity contribution in [1.82, 2.24) is 24.2 Å². The molecule has 1 aliphatic carbocycles. The lowest BCUT2D eigenvalue weighted by atomic mass is 10.3. The summed E-state index contributed by atoms with van der Waals surface area (Å²) in [5.74, 6) is 0. The molecule has 0 saturated heterocycles. The van der Waals surface area contributed by atoms with E-state index < -0.39 is 0 Å². The van der Waals surface area contributed by atoms with Crippen LogP contribution in [0, 0.1) is 4.77 Å². The highest BCUT2D eigenvalue weighted by atomic mass is 32.1. The van der Waals surface area contributed by atoms with Crippen molar-refractivity contribution in [3.63, 3.8) is 0 Å². The number of nitrogens with zero attached hydrogens (tertiary/aromatic N) is 4. The average molecular weight is 293 g/mol. The van der Waals surface area contributed by atoms with Crippen molar-refractivity contribution >= 4 is 23.4 Å². The summed E-state index contributed by atoms with van der Waals surface area (Å²) in [6.07, 6.45) is 3.59. The van der Waals surface area contributed by atoms with Crippen LogP contribution in [0.3, 0.4) is 0 Å². The topological polar surface area (TPSA) is 41.8 Å². The Kier molecular flexibility index (Phi) is 3.46. The quantitative estimate of drug-likeness (QED) is 0.861. The lowest BCUT2D eigenvalue weighted by Gasteiger charge is -2.24. The second-order valence-electron chi connectivity index (χ2n) is 5.91. The summed E-state index contributed by atoms with van der Waals surface area (Å²) in [4.78, 5) is 5.80. The molecule has 1 aliphatic rings. The van der Waals surface area contributed by atoms with Crippen molar-refractivity contribution in [3.8, 4) is 0 Å². The van der Waals surface area contributed by atoms with Crippen LogP contribution < -0.4 is 0 Å². The molecule has 0 amide bonds. The van der Waals surface area contributed by atoms with Crippen LogP contribution >= 0.6 is 12.2 Å². The van der Waals surface area contributed by atoms with Gasteiger partial charge in [-0.05, 0) is 45.5 Å². The lowest BCUT2D eigenvalue weighted by molar-refractivity contribution is 0.226. The Morgan fingerprint density at radius 1 is 1.50 bits per heavy atom. The highest BCUT2D eigenvalue weighted by Crippen LogP contribution is 2.28. The smallest absolute Gasteiger partial charge is 0.179 e. The number of aryl methyl sites for hydroxylation is 2. The van der Waals surface area contributed by atoms with E-state index in [4.69, 9.17) is 12.2 Å². The van der Waals surface area contributed by atoms with Gasteiger partial charge >= 0.3 is 0 Å². The van der Waals surface area contributed by atoms with Crippen molar-refractivity contribution in [1.29, 1.82) is 0 Å². The molecule has 0 bridgehead atoms. The maximum absolute atomic E-state index is 5.51. The molecule has 2 aromatic rings. The molecule has 1 atom stereocenters. The zero-order valence-corrected chi connectivity index (χ0v) is 13.5. The minimum Gasteiger partial charge on any atom is -0.328 e. The van der Waals surface area contributed by atoms with Gasteiger partial charge in [-0.2, -0.15) is 5.10 Å². The van der Waals surface area contributed by atoms with E-state index in [9.17, 15) is 0 Å². The van der Waals surface area contributed by atoms with Crippen LogP contribution in [0.2, 0.25) is 0 Å². The molecule has 3 rings (SSSR count). The third kappa shape index (κ3) is 2.20. The zero-order chi connectivity index (χ0) is 14.4. The molecule has 110 valence electrons. The van der Waals surface area contributed by atoms with Crippen molar-refractivity contribution < 1.29 is 0 Å². The Balaban J connectivity index is 1.96. The van der Waals surface area contributed by atoms with E-state index >= 15 is 0 Å². The Morgan fingerprint density at radius 3 is 2.80 bits per heavy atom. The average Bonchev–Trinajstić information content (AvgIpc) is 3.15. The highest BCUT2D eigenvalue weighted by molar-refractivity contribution is 7.71. The van der Waals surface area contributed by atoms with Gasteiger partial charge in [0.1, 0.15) is 5.52 Å². The van der Waals surface area contributed by atoms with E-state index in [2.05, 4.69) is 40.4 Å². The Labute approximate surface area is 124 Å². The zero-order valence-electron chi connectivity index (χ0n) is 12.7. The number of H-pyrrole nitrogens is 1. The van der Waals surface area contributed by atoms with Gasteiger partial charge in [0, 0.05) is 25.7 Å². The first-order chi connectivity index (χ1) is 9.52. The number of fused-ring (bicyclic) bond motifs is 1. The summed E-state index contributed by atoms with van der Waals surface area (Å²) in [6, 6.07) is 1.25. The fraction of sp³-hybridized carbons (Fsp3) is 0.714. The van der Waals surface area contributed by atoms with E-state index in [0.717, 1.165) is 40.6 Å². The molecule has 2 aromatic heterocycles. The van der Waals surface area contributed by atoms with Gasteiger partial charge in [-0.25, -0.2) is 0 Å². The third-order valence-electron chi connectivity index (χ3n) is 4.42. The number of likely N-dealkylation sites (N-methyl/N-ethyl adjacent to an activating group) is 1. The molecule has 1 unspecified atom stereocenters. The first-order valence-corrected chi connectivity index (χ1v) is 7.80. The Hall–Kier alpha value is -1.14. The number of aromatic amines is 1. The summed E-state index contributed by atoms with van der Waals surface area (Å²) in [5.41, 5.74) is 3.31. The molecule has 1 fully saturated rings. The van der Waals surface area contributed by atoms with Crippen molar-refractivity contribution in [3.05, 3.63) is 10.5 Å². The molecule has 1 N–H and O–H groups in total. The lowest BCUT2D eigenvalue weighted by Crippen LogP contribution is -2.34. The fourth-order valence-electron chi connectivity index (χ4n) is 2.93. The van der Waals surface area contributed by atoms with Gasteiger partial charge in [0.15, 0.2) is 10.4 Å². The Morgan fingerprint density at radius 2 is 2.20 bits per heavy atom. The molecule has 1 saturated carbocycles. The summed E-state index contributed by atoms with van der Waals surface area (Å²) in [6.45, 7) is 5.31. The van der Waals surface area contributed by atoms with Gasteiger partial charge in [-0.1, -0.05) is 6.92 Å². The first-order valence-electron chi connectivity index (χ1n) is 7.39. The molecular formula is C14H23N5S. The van der Waals surface area contributed by atoms with E-state index in [1.54, 1.807) is 0 Å². The molecular weight excluding hydrogens is 270 g/mol. The van der Waals surface area contributed by atoms with Gasteiger partial charge in [-0.3, -0.25) is 9.58 Å². The van der Waals surface area contributed by atoms with Crippen LogP contribution in [0.5, 0.6) is 0 Å². The van der Waals surface area contributed by atoms with E-state index in [1.807, 2.05) is 11.7 Å². The Bertz CT molecular complexity index is 676. The predicted molar refractivity (Wildman–Crippen MR) is 83.5 cm³/mol. The number of aromatic nitrogens is 4. The van der Waals surface area contributed by atoms with Crippen LogP contribution in [-0.2, 0) is 20.0 Å². The largest absolute Gasteiger partial charge is 0.328 e. The van der Waals surface area contributed by atoms with Crippen LogP contribution in [0.25, 0.3) is 11.2 Å². The van der Waals surface area contributed by atoms with Crippen LogP contribution in [-0.4, -0.2) is 43.4 Å². The first kappa shape index (κ1) is 13.8. The predicted octanol–water partition coefficient (Wildman–Crippen LogP) is 2.48. The maximum atomic E-state index is 5.51. The number of hydrogen-bond donors (Lipinski definition) is 1. The maximum Gasteiger partial charge on any atom is 0.179 e. The van der Waals surface area contributed by atoms with E-state index in [1.165, 1.54) is 12.8 Å². The molecule has 0 aromatic carbocycles.